The molecule has 4 saturated carbocycles. The summed E-state index contributed by atoms with van der Waals surface area (Å²) in [7, 11) is 1.74. The van der Waals surface area contributed by atoms with Gasteiger partial charge in [0.25, 0.3) is 5.91 Å². The zero-order valence-corrected chi connectivity index (χ0v) is 16.0. The topological polar surface area (TPSA) is 46.6 Å². The molecule has 0 N–H and O–H groups in total. The minimum Gasteiger partial charge on any atom is -0.455 e. The molecule has 4 aliphatic rings. The van der Waals surface area contributed by atoms with Gasteiger partial charge in [-0.25, -0.2) is 0 Å². The average molecular weight is 376 g/mol. The molecular formula is C21H26ClNO3. The van der Waals surface area contributed by atoms with E-state index in [4.69, 9.17) is 16.3 Å². The van der Waals surface area contributed by atoms with Crippen molar-refractivity contribution in [3.8, 4) is 0 Å². The first-order valence-electron chi connectivity index (χ1n) is 9.52. The van der Waals surface area contributed by atoms with Crippen LogP contribution in [-0.2, 0) is 20.9 Å². The standard InChI is InChI=1S/C21H26ClNO3/c1-23(12-15-5-3-2-4-6-15)18(24)13-26-19(25)20-8-16-7-17(9-20)11-21(22,10-16)14-20/h2-6,16-17H,7-14H2,1H3. The molecule has 1 aromatic rings. The monoisotopic (exact) mass is 375 g/mol. The van der Waals surface area contributed by atoms with Gasteiger partial charge in [-0.05, 0) is 55.9 Å². The van der Waals surface area contributed by atoms with Gasteiger partial charge in [-0.15, -0.1) is 11.6 Å². The van der Waals surface area contributed by atoms with Gasteiger partial charge < -0.3 is 9.64 Å². The van der Waals surface area contributed by atoms with E-state index in [1.54, 1.807) is 11.9 Å². The fourth-order valence-corrected chi connectivity index (χ4v) is 6.42. The van der Waals surface area contributed by atoms with E-state index in [0.717, 1.165) is 31.2 Å². The van der Waals surface area contributed by atoms with Crippen LogP contribution in [0.15, 0.2) is 30.3 Å². The van der Waals surface area contributed by atoms with Crippen LogP contribution in [0.25, 0.3) is 0 Å². The number of rotatable bonds is 5. The first kappa shape index (κ1) is 17.8. The maximum Gasteiger partial charge on any atom is 0.312 e. The zero-order chi connectivity index (χ0) is 18.4. The fourth-order valence-electron chi connectivity index (χ4n) is 5.73. The Morgan fingerprint density at radius 1 is 1.15 bits per heavy atom. The van der Waals surface area contributed by atoms with E-state index in [1.807, 2.05) is 30.3 Å². The van der Waals surface area contributed by atoms with E-state index in [-0.39, 0.29) is 23.4 Å². The third kappa shape index (κ3) is 3.36. The fraction of sp³-hybridized carbons (Fsp3) is 0.619. The summed E-state index contributed by atoms with van der Waals surface area (Å²) < 4.78 is 5.50. The normalized spacial score (nSPS) is 34.5. The van der Waals surface area contributed by atoms with Crippen molar-refractivity contribution in [3.05, 3.63) is 35.9 Å². The lowest BCUT2D eigenvalue weighted by Crippen LogP contribution is -2.56. The Hall–Kier alpha value is -1.55. The summed E-state index contributed by atoms with van der Waals surface area (Å²) in [5.41, 5.74) is 0.601. The zero-order valence-electron chi connectivity index (χ0n) is 15.2. The number of hydrogen-bond acceptors (Lipinski definition) is 3. The molecule has 2 unspecified atom stereocenters. The van der Waals surface area contributed by atoms with Crippen LogP contribution < -0.4 is 0 Å². The number of alkyl halides is 1. The van der Waals surface area contributed by atoms with Gasteiger partial charge in [-0.2, -0.15) is 0 Å². The van der Waals surface area contributed by atoms with E-state index in [1.165, 1.54) is 6.42 Å². The Morgan fingerprint density at radius 3 is 2.42 bits per heavy atom. The molecule has 0 aromatic heterocycles. The molecular weight excluding hydrogens is 350 g/mol. The predicted molar refractivity (Wildman–Crippen MR) is 99.6 cm³/mol. The van der Waals surface area contributed by atoms with E-state index < -0.39 is 5.41 Å². The summed E-state index contributed by atoms with van der Waals surface area (Å²) in [5.74, 6) is 0.695. The van der Waals surface area contributed by atoms with Gasteiger partial charge in [-0.1, -0.05) is 30.3 Å². The summed E-state index contributed by atoms with van der Waals surface area (Å²) in [6.45, 7) is 0.325. The number of likely N-dealkylation sites (N-methyl/N-ethyl adjacent to an activating group) is 1. The van der Waals surface area contributed by atoms with Crippen molar-refractivity contribution in [1.29, 1.82) is 0 Å². The number of benzene rings is 1. The first-order valence-corrected chi connectivity index (χ1v) is 9.89. The van der Waals surface area contributed by atoms with Gasteiger partial charge in [0.05, 0.1) is 5.41 Å². The minimum atomic E-state index is -0.454. The molecule has 0 saturated heterocycles. The Bertz CT molecular complexity index is 690. The second kappa shape index (κ2) is 6.56. The third-order valence-electron chi connectivity index (χ3n) is 6.44. The highest BCUT2D eigenvalue weighted by Crippen LogP contribution is 2.64. The number of ether oxygens (including phenoxy) is 1. The Kier molecular flexibility index (Phi) is 4.50. The number of nitrogens with zero attached hydrogens (tertiary/aromatic N) is 1. The molecule has 0 aliphatic heterocycles. The van der Waals surface area contributed by atoms with Crippen molar-refractivity contribution >= 4 is 23.5 Å². The molecule has 0 radical (unpaired) electrons. The maximum atomic E-state index is 12.9. The molecule has 2 atom stereocenters. The minimum absolute atomic E-state index is 0.174. The van der Waals surface area contributed by atoms with E-state index in [2.05, 4.69) is 0 Å². The highest BCUT2D eigenvalue weighted by molar-refractivity contribution is 6.24. The van der Waals surface area contributed by atoms with Gasteiger partial charge in [0.15, 0.2) is 6.61 Å². The maximum absolute atomic E-state index is 12.9. The molecule has 0 heterocycles. The highest BCUT2D eigenvalue weighted by atomic mass is 35.5. The van der Waals surface area contributed by atoms with Crippen LogP contribution in [0, 0.1) is 17.3 Å². The van der Waals surface area contributed by atoms with Crippen LogP contribution in [-0.4, -0.2) is 35.3 Å². The van der Waals surface area contributed by atoms with Crippen molar-refractivity contribution in [2.24, 2.45) is 17.3 Å². The van der Waals surface area contributed by atoms with Gasteiger partial charge in [0.2, 0.25) is 0 Å². The molecule has 1 amide bonds. The number of hydrogen-bond donors (Lipinski definition) is 0. The van der Waals surface area contributed by atoms with Crippen molar-refractivity contribution < 1.29 is 14.3 Å². The summed E-state index contributed by atoms with van der Waals surface area (Å²) in [5, 5.41) is 0. The second-order valence-corrected chi connectivity index (χ2v) is 9.51. The van der Waals surface area contributed by atoms with Gasteiger partial charge in [-0.3, -0.25) is 9.59 Å². The lowest BCUT2D eigenvalue weighted by Gasteiger charge is -2.58. The average Bonchev–Trinajstić information content (AvgIpc) is 2.58. The quantitative estimate of drug-likeness (QED) is 0.581. The van der Waals surface area contributed by atoms with Crippen molar-refractivity contribution in [1.82, 2.24) is 4.90 Å². The van der Waals surface area contributed by atoms with Crippen LogP contribution in [0.2, 0.25) is 0 Å². The van der Waals surface area contributed by atoms with Crippen molar-refractivity contribution in [3.63, 3.8) is 0 Å². The number of halogens is 1. The SMILES string of the molecule is CN(Cc1ccccc1)C(=O)COC(=O)C12CC3CC(CC(Cl)(C3)C1)C2. The van der Waals surface area contributed by atoms with Gasteiger partial charge in [0, 0.05) is 18.5 Å². The second-order valence-electron chi connectivity index (χ2n) is 8.70. The van der Waals surface area contributed by atoms with Crippen LogP contribution in [0.4, 0.5) is 0 Å². The molecule has 1 aromatic carbocycles. The van der Waals surface area contributed by atoms with E-state index in [9.17, 15) is 9.59 Å². The number of esters is 1. The van der Waals surface area contributed by atoms with Crippen LogP contribution in [0.5, 0.6) is 0 Å². The Labute approximate surface area is 159 Å². The molecule has 5 heteroatoms. The predicted octanol–water partition coefficient (Wildman–Crippen LogP) is 3.77. The molecule has 0 spiro atoms. The summed E-state index contributed by atoms with van der Waals surface area (Å²) >= 11 is 6.79. The largest absolute Gasteiger partial charge is 0.455 e. The third-order valence-corrected chi connectivity index (χ3v) is 6.88. The molecule has 26 heavy (non-hydrogen) atoms. The smallest absolute Gasteiger partial charge is 0.312 e. The lowest BCUT2D eigenvalue weighted by atomic mass is 9.49. The molecule has 4 bridgehead atoms. The van der Waals surface area contributed by atoms with E-state index in [0.29, 0.717) is 24.8 Å². The van der Waals surface area contributed by atoms with Crippen molar-refractivity contribution in [2.45, 2.75) is 49.9 Å². The number of amides is 1. The molecule has 4 aliphatic carbocycles. The molecule has 5 rings (SSSR count). The summed E-state index contributed by atoms with van der Waals surface area (Å²) in [6, 6.07) is 9.80. The van der Waals surface area contributed by atoms with Gasteiger partial charge >= 0.3 is 5.97 Å². The molecule has 140 valence electrons. The first-order chi connectivity index (χ1) is 12.4. The van der Waals surface area contributed by atoms with Crippen LogP contribution in [0.3, 0.4) is 0 Å². The number of carbonyl (C=O) groups excluding carboxylic acids is 2. The summed E-state index contributed by atoms with van der Waals surface area (Å²) in [4.78, 5) is 26.6. The van der Waals surface area contributed by atoms with Gasteiger partial charge in [0.1, 0.15) is 0 Å². The van der Waals surface area contributed by atoms with Crippen LogP contribution in [0.1, 0.15) is 44.1 Å². The molecule has 4 fully saturated rings. The van der Waals surface area contributed by atoms with Crippen LogP contribution >= 0.6 is 11.6 Å². The van der Waals surface area contributed by atoms with Crippen molar-refractivity contribution in [2.75, 3.05) is 13.7 Å². The van der Waals surface area contributed by atoms with E-state index >= 15 is 0 Å². The Morgan fingerprint density at radius 2 is 1.81 bits per heavy atom. The summed E-state index contributed by atoms with van der Waals surface area (Å²) in [6.07, 6.45) is 5.72. The number of carbonyl (C=O) groups is 2. The Balaban J connectivity index is 1.34. The molecule has 4 nitrogen and oxygen atoms in total. The lowest BCUT2D eigenvalue weighted by molar-refractivity contribution is -0.173. The highest BCUT2D eigenvalue weighted by Gasteiger charge is 2.60.